The maximum absolute atomic E-state index is 14.0. The van der Waals surface area contributed by atoms with Gasteiger partial charge in [0.1, 0.15) is 6.04 Å². The first kappa shape index (κ1) is 32.6. The molecule has 0 saturated carbocycles. The van der Waals surface area contributed by atoms with Crippen LogP contribution < -0.4 is 5.32 Å². The van der Waals surface area contributed by atoms with Crippen LogP contribution in [0.2, 0.25) is 0 Å². The van der Waals surface area contributed by atoms with E-state index in [1.165, 1.54) is 0 Å². The molecule has 3 aliphatic rings. The Balaban J connectivity index is 1.63. The van der Waals surface area contributed by atoms with E-state index in [0.29, 0.717) is 31.6 Å². The summed E-state index contributed by atoms with van der Waals surface area (Å²) in [7, 11) is 0. The van der Waals surface area contributed by atoms with Crippen molar-refractivity contribution in [2.75, 3.05) is 32.8 Å². The van der Waals surface area contributed by atoms with E-state index >= 15 is 0 Å². The Hall–Kier alpha value is -3.30. The van der Waals surface area contributed by atoms with Crippen molar-refractivity contribution in [2.45, 2.75) is 79.3 Å². The molecule has 2 amide bonds. The second-order valence-electron chi connectivity index (χ2n) is 13.4. The number of aromatic nitrogens is 1. The van der Waals surface area contributed by atoms with Gasteiger partial charge < -0.3 is 20.1 Å². The number of hydrogen-bond donors (Lipinski definition) is 2. The SMILES string of the molecule is CC1=C(c2cncc([C@H](CC(=O)O)NC(=O)[C@@H](CC(C)C)N3C=C(CN4CCOCC4)CC(C)C3=O)c2)C(C)(C)CC=C1. The first-order chi connectivity index (χ1) is 20.4. The molecule has 3 atom stereocenters. The lowest BCUT2D eigenvalue weighted by Gasteiger charge is -2.37. The molecular formula is C34H48N4O5. The third-order valence-corrected chi connectivity index (χ3v) is 8.64. The van der Waals surface area contributed by atoms with Gasteiger partial charge in [0.2, 0.25) is 11.8 Å². The zero-order valence-corrected chi connectivity index (χ0v) is 26.6. The molecular weight excluding hydrogens is 544 g/mol. The van der Waals surface area contributed by atoms with Gasteiger partial charge >= 0.3 is 5.97 Å². The first-order valence-electron chi connectivity index (χ1n) is 15.5. The monoisotopic (exact) mass is 592 g/mol. The summed E-state index contributed by atoms with van der Waals surface area (Å²) in [5.74, 6) is -1.58. The predicted molar refractivity (Wildman–Crippen MR) is 167 cm³/mol. The number of carboxylic acids is 1. The molecule has 1 unspecified atom stereocenters. The minimum absolute atomic E-state index is 0.0834. The Morgan fingerprint density at radius 2 is 1.93 bits per heavy atom. The average molecular weight is 593 g/mol. The molecule has 1 saturated heterocycles. The molecule has 1 aromatic heterocycles. The highest BCUT2D eigenvalue weighted by atomic mass is 16.5. The number of carbonyl (C=O) groups excluding carboxylic acids is 2. The fourth-order valence-corrected chi connectivity index (χ4v) is 6.58. The van der Waals surface area contributed by atoms with E-state index < -0.39 is 18.1 Å². The van der Waals surface area contributed by atoms with Gasteiger partial charge in [0, 0.05) is 44.1 Å². The van der Waals surface area contributed by atoms with Crippen LogP contribution >= 0.6 is 0 Å². The number of carboxylic acid groups (broad SMARTS) is 1. The Kier molecular flexibility index (Phi) is 10.6. The summed E-state index contributed by atoms with van der Waals surface area (Å²) in [6.07, 6.45) is 11.3. The van der Waals surface area contributed by atoms with Gasteiger partial charge in [-0.05, 0) is 71.4 Å². The number of carbonyl (C=O) groups is 3. The minimum atomic E-state index is -1.03. The minimum Gasteiger partial charge on any atom is -0.481 e. The second-order valence-corrected chi connectivity index (χ2v) is 13.4. The van der Waals surface area contributed by atoms with Crippen molar-refractivity contribution in [3.8, 4) is 0 Å². The molecule has 1 fully saturated rings. The van der Waals surface area contributed by atoms with Crippen molar-refractivity contribution in [2.24, 2.45) is 17.3 Å². The van der Waals surface area contributed by atoms with Crippen molar-refractivity contribution < 1.29 is 24.2 Å². The van der Waals surface area contributed by atoms with Gasteiger partial charge in [0.25, 0.3) is 0 Å². The van der Waals surface area contributed by atoms with Gasteiger partial charge in [-0.3, -0.25) is 24.3 Å². The number of hydrogen-bond acceptors (Lipinski definition) is 6. The van der Waals surface area contributed by atoms with Crippen LogP contribution in [0.4, 0.5) is 0 Å². The highest BCUT2D eigenvalue weighted by Crippen LogP contribution is 2.43. The molecule has 1 aromatic rings. The summed E-state index contributed by atoms with van der Waals surface area (Å²) < 4.78 is 5.49. The van der Waals surface area contributed by atoms with Gasteiger partial charge in [0.15, 0.2) is 0 Å². The summed E-state index contributed by atoms with van der Waals surface area (Å²) in [5.41, 5.74) is 4.86. The number of ether oxygens (including phenoxy) is 1. The molecule has 3 heterocycles. The third kappa shape index (κ3) is 8.21. The van der Waals surface area contributed by atoms with Crippen LogP contribution in [0.25, 0.3) is 5.57 Å². The first-order valence-corrected chi connectivity index (χ1v) is 15.5. The highest BCUT2D eigenvalue weighted by molar-refractivity contribution is 5.90. The molecule has 0 radical (unpaired) electrons. The van der Waals surface area contributed by atoms with E-state index in [1.54, 1.807) is 17.3 Å². The van der Waals surface area contributed by atoms with Gasteiger partial charge in [-0.2, -0.15) is 0 Å². The molecule has 0 aromatic carbocycles. The van der Waals surface area contributed by atoms with E-state index in [2.05, 4.69) is 48.1 Å². The maximum Gasteiger partial charge on any atom is 0.305 e. The molecule has 9 heteroatoms. The summed E-state index contributed by atoms with van der Waals surface area (Å²) >= 11 is 0. The lowest BCUT2D eigenvalue weighted by atomic mass is 9.73. The van der Waals surface area contributed by atoms with Crippen LogP contribution in [0.3, 0.4) is 0 Å². The fraction of sp³-hybridized carbons (Fsp3) is 0.588. The zero-order chi connectivity index (χ0) is 31.3. The lowest BCUT2D eigenvalue weighted by Crippen LogP contribution is -2.52. The number of morpholine rings is 1. The van der Waals surface area contributed by atoms with E-state index in [1.807, 2.05) is 33.0 Å². The number of nitrogens with zero attached hydrogens (tertiary/aromatic N) is 3. The van der Waals surface area contributed by atoms with Crippen LogP contribution in [-0.4, -0.2) is 76.6 Å². The van der Waals surface area contributed by atoms with Crippen molar-refractivity contribution in [1.82, 2.24) is 20.1 Å². The Bertz CT molecular complexity index is 1290. The molecule has 9 nitrogen and oxygen atoms in total. The van der Waals surface area contributed by atoms with Crippen LogP contribution in [0.5, 0.6) is 0 Å². The molecule has 0 bridgehead atoms. The van der Waals surface area contributed by atoms with Gasteiger partial charge in [0.05, 0.1) is 25.7 Å². The van der Waals surface area contributed by atoms with Crippen LogP contribution in [-0.2, 0) is 19.1 Å². The zero-order valence-electron chi connectivity index (χ0n) is 26.6. The normalized spacial score (nSPS) is 22.4. The molecule has 2 aliphatic heterocycles. The predicted octanol–water partition coefficient (Wildman–Crippen LogP) is 4.97. The maximum atomic E-state index is 14.0. The molecule has 2 N–H and O–H groups in total. The summed E-state index contributed by atoms with van der Waals surface area (Å²) in [6, 6.07) is 0.395. The van der Waals surface area contributed by atoms with Crippen LogP contribution in [0, 0.1) is 17.3 Å². The molecule has 0 spiro atoms. The quantitative estimate of drug-likeness (QED) is 0.373. The van der Waals surface area contributed by atoms with Crippen LogP contribution in [0.1, 0.15) is 84.4 Å². The van der Waals surface area contributed by atoms with Crippen molar-refractivity contribution >= 4 is 23.4 Å². The molecule has 4 rings (SSSR count). The molecule has 43 heavy (non-hydrogen) atoms. The van der Waals surface area contributed by atoms with Crippen LogP contribution in [0.15, 0.2) is 48.0 Å². The molecule has 234 valence electrons. The standard InChI is InChI=1S/C34H48N4O5/c1-22(2)14-29(38-21-25(15-24(4)33(38)42)20-37-10-12-43-13-11-37)32(41)36-28(17-30(39)40)26-16-27(19-35-18-26)31-23(3)8-7-9-34(31,5)6/h7-8,16,18-19,21-22,24,28-29H,9-15,17,20H2,1-6H3,(H,36,41)(H,39,40)/t24?,28-,29+/m0/s1. The number of aliphatic carboxylic acids is 1. The van der Waals surface area contributed by atoms with Crippen molar-refractivity contribution in [1.29, 1.82) is 0 Å². The van der Waals surface area contributed by atoms with Gasteiger partial charge in [-0.25, -0.2) is 0 Å². The number of rotatable bonds is 11. The van der Waals surface area contributed by atoms with Crippen molar-refractivity contribution in [3.63, 3.8) is 0 Å². The Morgan fingerprint density at radius 1 is 1.21 bits per heavy atom. The van der Waals surface area contributed by atoms with Gasteiger partial charge in [-0.1, -0.05) is 46.8 Å². The Labute approximate surface area is 256 Å². The average Bonchev–Trinajstić information content (AvgIpc) is 2.93. The van der Waals surface area contributed by atoms with E-state index in [4.69, 9.17) is 4.74 Å². The topological polar surface area (TPSA) is 112 Å². The van der Waals surface area contributed by atoms with E-state index in [9.17, 15) is 19.5 Å². The smallest absolute Gasteiger partial charge is 0.305 e. The van der Waals surface area contributed by atoms with Gasteiger partial charge in [-0.15, -0.1) is 0 Å². The summed E-state index contributed by atoms with van der Waals surface area (Å²) in [4.78, 5) is 47.9. The molecule has 1 aliphatic carbocycles. The fourth-order valence-electron chi connectivity index (χ4n) is 6.58. The third-order valence-electron chi connectivity index (χ3n) is 8.64. The lowest BCUT2D eigenvalue weighted by molar-refractivity contribution is -0.142. The van der Waals surface area contributed by atoms with Crippen molar-refractivity contribution in [3.05, 3.63) is 59.1 Å². The largest absolute Gasteiger partial charge is 0.481 e. The number of amides is 2. The second kappa shape index (κ2) is 14.0. The van der Waals surface area contributed by atoms with E-state index in [-0.39, 0.29) is 35.5 Å². The summed E-state index contributed by atoms with van der Waals surface area (Å²) in [5, 5.41) is 12.8. The highest BCUT2D eigenvalue weighted by Gasteiger charge is 2.37. The number of pyridine rings is 1. The summed E-state index contributed by atoms with van der Waals surface area (Å²) in [6.45, 7) is 16.2. The van der Waals surface area contributed by atoms with E-state index in [0.717, 1.165) is 48.3 Å². The Morgan fingerprint density at radius 3 is 2.58 bits per heavy atom. The number of allylic oxidation sites excluding steroid dienone is 4. The number of nitrogens with one attached hydrogen (secondary N) is 1.